The van der Waals surface area contributed by atoms with Crippen LogP contribution in [0.4, 0.5) is 4.79 Å². The largest absolute Gasteiger partial charge is 0.506 e. The Kier molecular flexibility index (Phi) is 5.58. The molecule has 0 aliphatic carbocycles. The molecule has 1 saturated heterocycles. The third kappa shape index (κ3) is 3.95. The van der Waals surface area contributed by atoms with Gasteiger partial charge in [-0.25, -0.2) is 0 Å². The summed E-state index contributed by atoms with van der Waals surface area (Å²) in [5.41, 5.74) is 1.20. The lowest BCUT2D eigenvalue weighted by molar-refractivity contribution is -0.123. The van der Waals surface area contributed by atoms with Crippen molar-refractivity contribution >= 4 is 72.4 Å². The number of halogens is 3. The second-order valence-corrected chi connectivity index (χ2v) is 8.36. The molecular formula is C17H10Br2ClNO3S. The van der Waals surface area contributed by atoms with Gasteiger partial charge in [-0.3, -0.25) is 14.5 Å². The fraction of sp³-hybridized carbons (Fsp3) is 0.0588. The Morgan fingerprint density at radius 2 is 1.92 bits per heavy atom. The first-order valence-electron chi connectivity index (χ1n) is 7.03. The molecule has 2 aromatic carbocycles. The lowest BCUT2D eigenvalue weighted by Gasteiger charge is -2.13. The maximum atomic E-state index is 12.6. The van der Waals surface area contributed by atoms with Crippen LogP contribution in [0.15, 0.2) is 50.2 Å². The highest BCUT2D eigenvalue weighted by Gasteiger charge is 2.35. The molecule has 0 aromatic heterocycles. The van der Waals surface area contributed by atoms with Crippen LogP contribution in [0, 0.1) is 0 Å². The summed E-state index contributed by atoms with van der Waals surface area (Å²) in [7, 11) is 0. The number of hydrogen-bond donors (Lipinski definition) is 1. The monoisotopic (exact) mass is 501 g/mol. The predicted molar refractivity (Wildman–Crippen MR) is 106 cm³/mol. The van der Waals surface area contributed by atoms with Crippen LogP contribution in [-0.2, 0) is 11.3 Å². The molecule has 1 aliphatic rings. The van der Waals surface area contributed by atoms with Crippen LogP contribution < -0.4 is 0 Å². The molecule has 25 heavy (non-hydrogen) atoms. The van der Waals surface area contributed by atoms with Crippen LogP contribution in [-0.4, -0.2) is 21.2 Å². The summed E-state index contributed by atoms with van der Waals surface area (Å²) >= 11 is 13.5. The van der Waals surface area contributed by atoms with E-state index in [1.54, 1.807) is 12.1 Å². The van der Waals surface area contributed by atoms with Gasteiger partial charge in [0.05, 0.1) is 16.5 Å². The van der Waals surface area contributed by atoms with E-state index in [1.807, 2.05) is 24.3 Å². The second-order valence-electron chi connectivity index (χ2n) is 5.18. The highest BCUT2D eigenvalue weighted by Crippen LogP contribution is 2.38. The molecule has 0 saturated carbocycles. The Morgan fingerprint density at radius 3 is 2.64 bits per heavy atom. The minimum Gasteiger partial charge on any atom is -0.506 e. The van der Waals surface area contributed by atoms with Gasteiger partial charge >= 0.3 is 0 Å². The van der Waals surface area contributed by atoms with Gasteiger partial charge in [-0.15, -0.1) is 0 Å². The second kappa shape index (κ2) is 7.53. The smallest absolute Gasteiger partial charge is 0.293 e. The van der Waals surface area contributed by atoms with Gasteiger partial charge in [0.25, 0.3) is 11.1 Å². The first-order chi connectivity index (χ1) is 11.9. The molecule has 0 atom stereocenters. The number of carbonyl (C=O) groups is 2. The minimum absolute atomic E-state index is 0.137. The molecule has 2 amide bonds. The molecule has 8 heteroatoms. The quantitative estimate of drug-likeness (QED) is 0.538. The Morgan fingerprint density at radius 1 is 1.20 bits per heavy atom. The van der Waals surface area contributed by atoms with E-state index in [-0.39, 0.29) is 27.5 Å². The van der Waals surface area contributed by atoms with Crippen LogP contribution in [0.3, 0.4) is 0 Å². The van der Waals surface area contributed by atoms with Crippen LogP contribution in [0.2, 0.25) is 5.02 Å². The van der Waals surface area contributed by atoms with Crippen LogP contribution in [0.5, 0.6) is 5.75 Å². The van der Waals surface area contributed by atoms with Crippen molar-refractivity contribution < 1.29 is 14.7 Å². The molecule has 0 radical (unpaired) electrons. The van der Waals surface area contributed by atoms with Crippen molar-refractivity contribution in [2.45, 2.75) is 6.54 Å². The number of benzene rings is 2. The number of rotatable bonds is 3. The lowest BCUT2D eigenvalue weighted by Crippen LogP contribution is -2.27. The van der Waals surface area contributed by atoms with E-state index in [2.05, 4.69) is 31.9 Å². The van der Waals surface area contributed by atoms with Gasteiger partial charge in [-0.2, -0.15) is 0 Å². The van der Waals surface area contributed by atoms with Crippen molar-refractivity contribution in [2.75, 3.05) is 0 Å². The molecule has 128 valence electrons. The highest BCUT2D eigenvalue weighted by molar-refractivity contribution is 9.10. The summed E-state index contributed by atoms with van der Waals surface area (Å²) in [4.78, 5) is 26.2. The van der Waals surface area contributed by atoms with E-state index in [4.69, 9.17) is 11.6 Å². The number of phenols is 1. The number of phenolic OH excluding ortho intramolecular Hbond substituents is 1. The molecule has 0 spiro atoms. The Labute approximate surface area is 170 Å². The number of amides is 2. The van der Waals surface area contributed by atoms with Gasteiger partial charge in [-0.05, 0) is 41.6 Å². The third-order valence-electron chi connectivity index (χ3n) is 3.50. The summed E-state index contributed by atoms with van der Waals surface area (Å²) in [6.45, 7) is 0.175. The number of aromatic hydroxyl groups is 1. The summed E-state index contributed by atoms with van der Waals surface area (Å²) < 4.78 is 1.49. The van der Waals surface area contributed by atoms with E-state index in [1.165, 1.54) is 11.0 Å². The zero-order valence-electron chi connectivity index (χ0n) is 12.5. The first kappa shape index (κ1) is 18.5. The summed E-state index contributed by atoms with van der Waals surface area (Å²) in [5.74, 6) is -0.538. The zero-order chi connectivity index (χ0) is 18.1. The highest BCUT2D eigenvalue weighted by atomic mass is 79.9. The Bertz CT molecular complexity index is 917. The van der Waals surface area contributed by atoms with Gasteiger partial charge in [0.2, 0.25) is 0 Å². The van der Waals surface area contributed by atoms with Gasteiger partial charge in [0, 0.05) is 14.5 Å². The first-order valence-corrected chi connectivity index (χ1v) is 9.81. The number of carbonyl (C=O) groups excluding carboxylic acids is 2. The average molecular weight is 504 g/mol. The normalized spacial score (nSPS) is 16.1. The third-order valence-corrected chi connectivity index (χ3v) is 5.93. The molecule has 4 nitrogen and oxygen atoms in total. The fourth-order valence-corrected chi connectivity index (χ4v) is 4.34. The summed E-state index contributed by atoms with van der Waals surface area (Å²) in [6.07, 6.45) is 1.47. The van der Waals surface area contributed by atoms with Crippen molar-refractivity contribution in [1.29, 1.82) is 0 Å². The van der Waals surface area contributed by atoms with Gasteiger partial charge in [0.1, 0.15) is 5.75 Å². The van der Waals surface area contributed by atoms with E-state index >= 15 is 0 Å². The molecule has 1 heterocycles. The molecular weight excluding hydrogens is 494 g/mol. The predicted octanol–water partition coefficient (Wildman–Crippen LogP) is 5.81. The van der Waals surface area contributed by atoms with Gasteiger partial charge < -0.3 is 5.11 Å². The summed E-state index contributed by atoms with van der Waals surface area (Å²) in [6, 6.07) is 10.6. The molecule has 2 aromatic rings. The minimum atomic E-state index is -0.402. The average Bonchev–Trinajstić information content (AvgIpc) is 2.81. The van der Waals surface area contributed by atoms with Crippen molar-refractivity contribution in [2.24, 2.45) is 0 Å². The number of nitrogens with zero attached hydrogens (tertiary/aromatic N) is 1. The molecule has 0 bridgehead atoms. The Balaban J connectivity index is 1.90. The van der Waals surface area contributed by atoms with Crippen LogP contribution >= 0.6 is 55.2 Å². The molecule has 1 fully saturated rings. The molecule has 0 unspecified atom stereocenters. The SMILES string of the molecule is O=C1S/C(=C\c2cc(Br)cc(Cl)c2O)C(=O)N1Cc1ccccc1Br. The molecule has 1 aliphatic heterocycles. The maximum Gasteiger partial charge on any atom is 0.293 e. The maximum absolute atomic E-state index is 12.6. The summed E-state index contributed by atoms with van der Waals surface area (Å²) in [5, 5.41) is 9.86. The van der Waals surface area contributed by atoms with E-state index in [9.17, 15) is 14.7 Å². The fourth-order valence-electron chi connectivity index (χ4n) is 2.27. The van der Waals surface area contributed by atoms with E-state index in [0.29, 0.717) is 10.0 Å². The van der Waals surface area contributed by atoms with Gasteiger partial charge in [-0.1, -0.05) is 61.7 Å². The zero-order valence-corrected chi connectivity index (χ0v) is 17.2. The standard InChI is InChI=1S/C17H10Br2ClNO3S/c18-11-5-10(15(22)13(20)7-11)6-14-16(23)21(17(24)25-14)8-9-3-1-2-4-12(9)19/h1-7,22H,8H2/b14-6-. The van der Waals surface area contributed by atoms with Crippen LogP contribution in [0.1, 0.15) is 11.1 Å². The van der Waals surface area contributed by atoms with Crippen molar-refractivity contribution in [1.82, 2.24) is 4.90 Å². The Hall–Kier alpha value is -1.28. The topological polar surface area (TPSA) is 57.6 Å². The molecule has 1 N–H and O–H groups in total. The van der Waals surface area contributed by atoms with Gasteiger partial charge in [0.15, 0.2) is 0 Å². The van der Waals surface area contributed by atoms with E-state index in [0.717, 1.165) is 21.8 Å². The van der Waals surface area contributed by atoms with Crippen molar-refractivity contribution in [3.05, 3.63) is 66.4 Å². The van der Waals surface area contributed by atoms with Crippen molar-refractivity contribution in [3.63, 3.8) is 0 Å². The van der Waals surface area contributed by atoms with E-state index < -0.39 is 5.91 Å². The molecule has 3 rings (SSSR count). The van der Waals surface area contributed by atoms with Crippen molar-refractivity contribution in [3.8, 4) is 5.75 Å². The number of hydrogen-bond acceptors (Lipinski definition) is 4. The van der Waals surface area contributed by atoms with Crippen LogP contribution in [0.25, 0.3) is 6.08 Å². The number of thioether (sulfide) groups is 1. The lowest BCUT2D eigenvalue weighted by atomic mass is 10.1. The number of imide groups is 1.